The molecule has 1 aromatic rings. The fraction of sp³-hybridized carbons (Fsp3) is 0.500. The van der Waals surface area contributed by atoms with Crippen LogP contribution in [0.15, 0.2) is 23.1 Å². The van der Waals surface area contributed by atoms with E-state index in [0.717, 1.165) is 19.1 Å². The summed E-state index contributed by atoms with van der Waals surface area (Å²) in [6.45, 7) is 2.41. The van der Waals surface area contributed by atoms with Crippen molar-refractivity contribution in [2.45, 2.75) is 30.7 Å². The van der Waals surface area contributed by atoms with Gasteiger partial charge in [0.15, 0.2) is 9.84 Å². The molecule has 0 heterocycles. The summed E-state index contributed by atoms with van der Waals surface area (Å²) in [5.74, 6) is -0.359. The highest BCUT2D eigenvalue weighted by Crippen LogP contribution is 2.17. The van der Waals surface area contributed by atoms with Gasteiger partial charge in [-0.15, -0.1) is 0 Å². The van der Waals surface area contributed by atoms with Gasteiger partial charge in [-0.2, -0.15) is 0 Å². The van der Waals surface area contributed by atoms with E-state index in [1.807, 2.05) is 6.92 Å². The Morgan fingerprint density at radius 3 is 2.57 bits per heavy atom. The van der Waals surface area contributed by atoms with Gasteiger partial charge in [0.1, 0.15) is 0 Å². The SMILES string of the molecule is CCCC(COC)NC(=O)c1cc(N)cc(S(C)(=O)=O)c1. The summed E-state index contributed by atoms with van der Waals surface area (Å²) in [7, 11) is -1.85. The van der Waals surface area contributed by atoms with Gasteiger partial charge in [0, 0.05) is 24.6 Å². The van der Waals surface area contributed by atoms with E-state index in [-0.39, 0.29) is 28.1 Å². The van der Waals surface area contributed by atoms with Crippen LogP contribution in [0.3, 0.4) is 0 Å². The molecule has 21 heavy (non-hydrogen) atoms. The van der Waals surface area contributed by atoms with Crippen LogP contribution in [-0.2, 0) is 14.6 Å². The van der Waals surface area contributed by atoms with Crippen LogP contribution in [-0.4, -0.2) is 40.3 Å². The smallest absolute Gasteiger partial charge is 0.251 e. The van der Waals surface area contributed by atoms with Crippen LogP contribution in [0.5, 0.6) is 0 Å². The second kappa shape index (κ2) is 7.42. The molecule has 0 radical (unpaired) electrons. The van der Waals surface area contributed by atoms with Crippen molar-refractivity contribution in [3.63, 3.8) is 0 Å². The monoisotopic (exact) mass is 314 g/mol. The number of anilines is 1. The van der Waals surface area contributed by atoms with E-state index in [1.165, 1.54) is 18.2 Å². The van der Waals surface area contributed by atoms with E-state index in [2.05, 4.69) is 5.32 Å². The Hall–Kier alpha value is -1.60. The van der Waals surface area contributed by atoms with Gasteiger partial charge >= 0.3 is 0 Å². The minimum Gasteiger partial charge on any atom is -0.399 e. The van der Waals surface area contributed by atoms with Crippen LogP contribution in [0.25, 0.3) is 0 Å². The first-order chi connectivity index (χ1) is 9.77. The number of ether oxygens (including phenoxy) is 1. The van der Waals surface area contributed by atoms with Crippen molar-refractivity contribution in [3.8, 4) is 0 Å². The number of rotatable bonds is 7. The second-order valence-electron chi connectivity index (χ2n) is 4.98. The average Bonchev–Trinajstić information content (AvgIpc) is 2.37. The zero-order valence-corrected chi connectivity index (χ0v) is 13.4. The molecule has 0 aliphatic heterocycles. The molecule has 0 bridgehead atoms. The number of carbonyl (C=O) groups excluding carboxylic acids is 1. The Morgan fingerprint density at radius 2 is 2.05 bits per heavy atom. The second-order valence-corrected chi connectivity index (χ2v) is 6.99. The first kappa shape index (κ1) is 17.5. The van der Waals surface area contributed by atoms with Gasteiger partial charge in [-0.05, 0) is 24.6 Å². The number of nitrogen functional groups attached to an aromatic ring is 1. The van der Waals surface area contributed by atoms with E-state index in [0.29, 0.717) is 6.61 Å². The third-order valence-electron chi connectivity index (χ3n) is 2.96. The summed E-state index contributed by atoms with van der Waals surface area (Å²) in [5, 5.41) is 2.83. The van der Waals surface area contributed by atoms with Crippen molar-refractivity contribution >= 4 is 21.4 Å². The standard InChI is InChI=1S/C14H22N2O4S/c1-4-5-12(9-20-2)16-14(17)10-6-11(15)8-13(7-10)21(3,18)19/h6-8,12H,4-5,9,15H2,1-3H3,(H,16,17). The Labute approximate surface area is 125 Å². The van der Waals surface area contributed by atoms with Gasteiger partial charge in [0.25, 0.3) is 5.91 Å². The number of methoxy groups -OCH3 is 1. The van der Waals surface area contributed by atoms with Crippen LogP contribution in [0.2, 0.25) is 0 Å². The Kier molecular flexibility index (Phi) is 6.17. The minimum absolute atomic E-state index is 0.0337. The van der Waals surface area contributed by atoms with Crippen molar-refractivity contribution in [2.24, 2.45) is 0 Å². The molecule has 0 saturated carbocycles. The Morgan fingerprint density at radius 1 is 1.38 bits per heavy atom. The molecule has 1 rings (SSSR count). The molecule has 1 aromatic carbocycles. The predicted octanol–water partition coefficient (Wildman–Crippen LogP) is 1.22. The lowest BCUT2D eigenvalue weighted by Crippen LogP contribution is -2.38. The fourth-order valence-corrected chi connectivity index (χ4v) is 2.67. The molecule has 0 aliphatic rings. The van der Waals surface area contributed by atoms with E-state index >= 15 is 0 Å². The molecule has 0 saturated heterocycles. The summed E-state index contributed by atoms with van der Waals surface area (Å²) < 4.78 is 28.2. The van der Waals surface area contributed by atoms with Gasteiger partial charge in [-0.3, -0.25) is 4.79 Å². The lowest BCUT2D eigenvalue weighted by molar-refractivity contribution is 0.0891. The number of amides is 1. The molecule has 0 fully saturated rings. The number of sulfone groups is 1. The van der Waals surface area contributed by atoms with Crippen LogP contribution >= 0.6 is 0 Å². The molecule has 0 aromatic heterocycles. The van der Waals surface area contributed by atoms with E-state index in [4.69, 9.17) is 10.5 Å². The summed E-state index contributed by atoms with van der Waals surface area (Å²) in [5.41, 5.74) is 6.14. The molecular formula is C14H22N2O4S. The van der Waals surface area contributed by atoms with E-state index in [9.17, 15) is 13.2 Å². The quantitative estimate of drug-likeness (QED) is 0.737. The average molecular weight is 314 g/mol. The number of nitrogens with one attached hydrogen (secondary N) is 1. The topological polar surface area (TPSA) is 98.5 Å². The van der Waals surface area contributed by atoms with Crippen LogP contribution in [0.1, 0.15) is 30.1 Å². The molecule has 0 aliphatic carbocycles. The molecule has 3 N–H and O–H groups in total. The van der Waals surface area contributed by atoms with E-state index < -0.39 is 9.84 Å². The third kappa shape index (κ3) is 5.35. The minimum atomic E-state index is -3.41. The van der Waals surface area contributed by atoms with Gasteiger partial charge in [0.2, 0.25) is 0 Å². The maximum Gasteiger partial charge on any atom is 0.251 e. The summed E-state index contributed by atoms with van der Waals surface area (Å²) in [6.07, 6.45) is 2.76. The Balaban J connectivity index is 2.99. The highest BCUT2D eigenvalue weighted by molar-refractivity contribution is 7.90. The lowest BCUT2D eigenvalue weighted by Gasteiger charge is -2.17. The number of benzene rings is 1. The molecule has 6 nitrogen and oxygen atoms in total. The molecule has 1 atom stereocenters. The number of carbonyl (C=O) groups is 1. The molecule has 1 amide bonds. The largest absolute Gasteiger partial charge is 0.399 e. The zero-order valence-electron chi connectivity index (χ0n) is 12.5. The van der Waals surface area contributed by atoms with Gasteiger partial charge < -0.3 is 15.8 Å². The lowest BCUT2D eigenvalue weighted by atomic mass is 10.1. The molecule has 1 unspecified atom stereocenters. The fourth-order valence-electron chi connectivity index (χ4n) is 1.98. The first-order valence-corrected chi connectivity index (χ1v) is 8.57. The number of hydrogen-bond donors (Lipinski definition) is 2. The zero-order chi connectivity index (χ0) is 16.0. The maximum atomic E-state index is 12.2. The van der Waals surface area contributed by atoms with Crippen molar-refractivity contribution in [1.29, 1.82) is 0 Å². The van der Waals surface area contributed by atoms with Crippen LogP contribution in [0.4, 0.5) is 5.69 Å². The van der Waals surface area contributed by atoms with Gasteiger partial charge in [-0.1, -0.05) is 13.3 Å². The van der Waals surface area contributed by atoms with Crippen molar-refractivity contribution in [1.82, 2.24) is 5.32 Å². The maximum absolute atomic E-state index is 12.2. The number of nitrogens with two attached hydrogens (primary N) is 1. The predicted molar refractivity (Wildman–Crippen MR) is 82.0 cm³/mol. The third-order valence-corrected chi connectivity index (χ3v) is 4.05. The molecule has 118 valence electrons. The highest BCUT2D eigenvalue weighted by Gasteiger charge is 2.16. The molecular weight excluding hydrogens is 292 g/mol. The summed E-state index contributed by atoms with van der Waals surface area (Å²) in [6, 6.07) is 4.01. The van der Waals surface area contributed by atoms with Crippen molar-refractivity contribution in [3.05, 3.63) is 23.8 Å². The normalized spacial score (nSPS) is 12.9. The molecule has 0 spiro atoms. The van der Waals surface area contributed by atoms with Crippen LogP contribution in [0, 0.1) is 0 Å². The van der Waals surface area contributed by atoms with Crippen molar-refractivity contribution in [2.75, 3.05) is 25.7 Å². The highest BCUT2D eigenvalue weighted by atomic mass is 32.2. The first-order valence-electron chi connectivity index (χ1n) is 6.68. The van der Waals surface area contributed by atoms with Gasteiger partial charge in [-0.25, -0.2) is 8.42 Å². The van der Waals surface area contributed by atoms with Crippen molar-refractivity contribution < 1.29 is 17.9 Å². The Bertz CT molecular complexity index is 593. The summed E-state index contributed by atoms with van der Waals surface area (Å²) in [4.78, 5) is 12.3. The summed E-state index contributed by atoms with van der Waals surface area (Å²) >= 11 is 0. The van der Waals surface area contributed by atoms with Gasteiger partial charge in [0.05, 0.1) is 17.5 Å². The van der Waals surface area contributed by atoms with Crippen LogP contribution < -0.4 is 11.1 Å². The van der Waals surface area contributed by atoms with E-state index in [1.54, 1.807) is 7.11 Å². The molecule has 7 heteroatoms. The number of hydrogen-bond acceptors (Lipinski definition) is 5.